The minimum absolute atomic E-state index is 0.674. The molecule has 0 saturated carbocycles. The van der Waals surface area contributed by atoms with E-state index in [0.717, 1.165) is 25.0 Å². The predicted octanol–water partition coefficient (Wildman–Crippen LogP) is 2.62. The van der Waals surface area contributed by atoms with Crippen LogP contribution in [0, 0.1) is 5.92 Å². The minimum Gasteiger partial charge on any atom is -0.383 e. The van der Waals surface area contributed by atoms with Crippen LogP contribution in [-0.2, 0) is 11.3 Å². The number of benzene rings is 1. The summed E-state index contributed by atoms with van der Waals surface area (Å²) in [7, 11) is 1.70. The molecule has 134 valence electrons. The molecule has 0 bridgehead atoms. The maximum atomic E-state index is 5.06. The van der Waals surface area contributed by atoms with Crippen molar-refractivity contribution in [2.75, 3.05) is 44.8 Å². The maximum Gasteiger partial charge on any atom is 0.191 e. The summed E-state index contributed by atoms with van der Waals surface area (Å²) >= 11 is 0. The molecule has 1 aliphatic rings. The Balaban J connectivity index is 1.88. The Labute approximate surface area is 146 Å². The maximum absolute atomic E-state index is 5.06. The highest BCUT2D eigenvalue weighted by Crippen LogP contribution is 2.23. The normalized spacial score (nSPS) is 16.3. The molecule has 0 spiro atoms. The number of ether oxygens (including phenoxy) is 1. The standard InChI is InChI=1S/C19H32N4O/c1-4-20-19(21-11-14-24-3)22-15-17-5-7-18(8-6-17)23-12-9-16(2)10-13-23/h5-8,16H,4,9-15H2,1-3H3,(H2,20,21,22). The number of hydrogen-bond acceptors (Lipinski definition) is 3. The quantitative estimate of drug-likeness (QED) is 0.458. The van der Waals surface area contributed by atoms with Crippen LogP contribution in [0.1, 0.15) is 32.3 Å². The van der Waals surface area contributed by atoms with E-state index < -0.39 is 0 Å². The van der Waals surface area contributed by atoms with Gasteiger partial charge in [-0.1, -0.05) is 19.1 Å². The van der Waals surface area contributed by atoms with Gasteiger partial charge in [0.05, 0.1) is 13.2 Å². The summed E-state index contributed by atoms with van der Waals surface area (Å²) in [5.41, 5.74) is 2.56. The van der Waals surface area contributed by atoms with Crippen LogP contribution in [0.15, 0.2) is 29.3 Å². The van der Waals surface area contributed by atoms with Crippen LogP contribution in [0.2, 0.25) is 0 Å². The molecule has 0 amide bonds. The molecule has 5 heteroatoms. The lowest BCUT2D eigenvalue weighted by Crippen LogP contribution is -2.38. The molecule has 1 heterocycles. The van der Waals surface area contributed by atoms with Crippen molar-refractivity contribution in [3.8, 4) is 0 Å². The molecule has 1 aromatic carbocycles. The molecule has 1 fully saturated rings. The molecule has 1 aromatic rings. The second-order valence-corrected chi connectivity index (χ2v) is 6.45. The zero-order valence-electron chi connectivity index (χ0n) is 15.3. The van der Waals surface area contributed by atoms with Gasteiger partial charge in [0, 0.05) is 39.0 Å². The predicted molar refractivity (Wildman–Crippen MR) is 102 cm³/mol. The van der Waals surface area contributed by atoms with Gasteiger partial charge >= 0.3 is 0 Å². The van der Waals surface area contributed by atoms with Crippen molar-refractivity contribution < 1.29 is 4.74 Å². The highest BCUT2D eigenvalue weighted by Gasteiger charge is 2.15. The largest absolute Gasteiger partial charge is 0.383 e. The average Bonchev–Trinajstić information content (AvgIpc) is 2.61. The third kappa shape index (κ3) is 6.04. The van der Waals surface area contributed by atoms with Gasteiger partial charge in [0.2, 0.25) is 0 Å². The lowest BCUT2D eigenvalue weighted by molar-refractivity contribution is 0.203. The monoisotopic (exact) mass is 332 g/mol. The van der Waals surface area contributed by atoms with Crippen LogP contribution in [0.3, 0.4) is 0 Å². The van der Waals surface area contributed by atoms with E-state index in [1.807, 2.05) is 0 Å². The fourth-order valence-electron chi connectivity index (χ4n) is 2.86. The van der Waals surface area contributed by atoms with Crippen LogP contribution < -0.4 is 15.5 Å². The van der Waals surface area contributed by atoms with Crippen molar-refractivity contribution in [3.05, 3.63) is 29.8 Å². The summed E-state index contributed by atoms with van der Waals surface area (Å²) in [4.78, 5) is 7.12. The van der Waals surface area contributed by atoms with E-state index in [-0.39, 0.29) is 0 Å². The van der Waals surface area contributed by atoms with Crippen LogP contribution in [0.5, 0.6) is 0 Å². The molecule has 5 nitrogen and oxygen atoms in total. The van der Waals surface area contributed by atoms with E-state index in [2.05, 4.69) is 58.6 Å². The first-order valence-electron chi connectivity index (χ1n) is 9.08. The Kier molecular flexibility index (Phi) is 7.89. The third-order valence-electron chi connectivity index (χ3n) is 4.45. The van der Waals surface area contributed by atoms with Crippen LogP contribution in [-0.4, -0.2) is 45.9 Å². The lowest BCUT2D eigenvalue weighted by atomic mass is 9.99. The Morgan fingerprint density at radius 2 is 1.92 bits per heavy atom. The Morgan fingerprint density at radius 1 is 1.21 bits per heavy atom. The zero-order valence-corrected chi connectivity index (χ0v) is 15.3. The molecule has 24 heavy (non-hydrogen) atoms. The van der Waals surface area contributed by atoms with Crippen molar-refractivity contribution in [1.82, 2.24) is 10.6 Å². The topological polar surface area (TPSA) is 48.9 Å². The molecule has 0 aromatic heterocycles. The first kappa shape index (κ1) is 18.6. The molecule has 1 saturated heterocycles. The first-order chi connectivity index (χ1) is 11.7. The van der Waals surface area contributed by atoms with Gasteiger partial charge < -0.3 is 20.3 Å². The van der Waals surface area contributed by atoms with E-state index in [4.69, 9.17) is 4.74 Å². The summed E-state index contributed by atoms with van der Waals surface area (Å²) in [6, 6.07) is 8.84. The van der Waals surface area contributed by atoms with E-state index in [1.54, 1.807) is 7.11 Å². The Morgan fingerprint density at radius 3 is 2.54 bits per heavy atom. The van der Waals surface area contributed by atoms with Gasteiger partial charge in [0.1, 0.15) is 0 Å². The summed E-state index contributed by atoms with van der Waals surface area (Å²) in [6.07, 6.45) is 2.59. The number of hydrogen-bond donors (Lipinski definition) is 2. The van der Waals surface area contributed by atoms with Gasteiger partial charge in [0.25, 0.3) is 0 Å². The van der Waals surface area contributed by atoms with Crippen molar-refractivity contribution in [2.45, 2.75) is 33.2 Å². The molecule has 1 aliphatic heterocycles. The molecule has 0 aliphatic carbocycles. The number of anilines is 1. The van der Waals surface area contributed by atoms with Crippen LogP contribution in [0.4, 0.5) is 5.69 Å². The van der Waals surface area contributed by atoms with Crippen molar-refractivity contribution in [3.63, 3.8) is 0 Å². The fourth-order valence-corrected chi connectivity index (χ4v) is 2.86. The van der Waals surface area contributed by atoms with Crippen LogP contribution in [0.25, 0.3) is 0 Å². The van der Waals surface area contributed by atoms with Crippen molar-refractivity contribution >= 4 is 11.6 Å². The van der Waals surface area contributed by atoms with Gasteiger partial charge in [-0.05, 0) is 43.4 Å². The van der Waals surface area contributed by atoms with Gasteiger partial charge in [-0.15, -0.1) is 0 Å². The van der Waals surface area contributed by atoms with E-state index in [1.165, 1.54) is 37.2 Å². The molecular weight excluding hydrogens is 300 g/mol. The SMILES string of the molecule is CCNC(=NCc1ccc(N2CCC(C)CC2)cc1)NCCOC. The van der Waals surface area contributed by atoms with Crippen molar-refractivity contribution in [2.24, 2.45) is 10.9 Å². The number of aliphatic imine (C=N–C) groups is 1. The molecule has 0 radical (unpaired) electrons. The minimum atomic E-state index is 0.674. The second kappa shape index (κ2) is 10.2. The smallest absolute Gasteiger partial charge is 0.191 e. The fraction of sp³-hybridized carbons (Fsp3) is 0.632. The molecular formula is C19H32N4O. The Hall–Kier alpha value is -1.75. The number of nitrogens with one attached hydrogen (secondary N) is 2. The van der Waals surface area contributed by atoms with Crippen molar-refractivity contribution in [1.29, 1.82) is 0 Å². The first-order valence-corrected chi connectivity index (χ1v) is 9.08. The molecule has 2 N–H and O–H groups in total. The van der Waals surface area contributed by atoms with Gasteiger partial charge in [-0.2, -0.15) is 0 Å². The average molecular weight is 332 g/mol. The zero-order chi connectivity index (χ0) is 17.2. The molecule has 0 unspecified atom stereocenters. The summed E-state index contributed by atoms with van der Waals surface area (Å²) in [5, 5.41) is 6.52. The Bertz CT molecular complexity index is 493. The van der Waals surface area contributed by atoms with Gasteiger partial charge in [0.15, 0.2) is 5.96 Å². The number of methoxy groups -OCH3 is 1. The number of guanidine groups is 1. The summed E-state index contributed by atoms with van der Waals surface area (Å²) in [5.74, 6) is 1.70. The van der Waals surface area contributed by atoms with Gasteiger partial charge in [-0.3, -0.25) is 0 Å². The number of piperidine rings is 1. The van der Waals surface area contributed by atoms with Gasteiger partial charge in [-0.25, -0.2) is 4.99 Å². The highest BCUT2D eigenvalue weighted by atomic mass is 16.5. The van der Waals surface area contributed by atoms with E-state index in [0.29, 0.717) is 13.2 Å². The summed E-state index contributed by atoms with van der Waals surface area (Å²) in [6.45, 7) is 9.73. The third-order valence-corrected chi connectivity index (χ3v) is 4.45. The van der Waals surface area contributed by atoms with E-state index in [9.17, 15) is 0 Å². The van der Waals surface area contributed by atoms with E-state index >= 15 is 0 Å². The number of nitrogens with zero attached hydrogens (tertiary/aromatic N) is 2. The number of rotatable bonds is 7. The molecule has 2 rings (SSSR count). The van der Waals surface area contributed by atoms with Crippen LogP contribution >= 0.6 is 0 Å². The summed E-state index contributed by atoms with van der Waals surface area (Å²) < 4.78 is 5.06. The molecule has 0 atom stereocenters. The second-order valence-electron chi connectivity index (χ2n) is 6.45. The lowest BCUT2D eigenvalue weighted by Gasteiger charge is -2.32. The highest BCUT2D eigenvalue weighted by molar-refractivity contribution is 5.79.